The van der Waals surface area contributed by atoms with E-state index in [1.54, 1.807) is 32.2 Å². The second-order valence-corrected chi connectivity index (χ2v) is 7.84. The predicted molar refractivity (Wildman–Crippen MR) is 118 cm³/mol. The first-order valence-corrected chi connectivity index (χ1v) is 10.8. The molecule has 0 unspecified atom stereocenters. The molecule has 1 aromatic heterocycles. The lowest BCUT2D eigenvalue weighted by Crippen LogP contribution is -2.49. The normalized spacial score (nSPS) is 18.2. The molecule has 1 fully saturated rings. The van der Waals surface area contributed by atoms with Gasteiger partial charge in [0.05, 0.1) is 32.1 Å². The molecule has 1 amide bonds. The van der Waals surface area contributed by atoms with Gasteiger partial charge < -0.3 is 24.0 Å². The summed E-state index contributed by atoms with van der Waals surface area (Å²) in [4.78, 5) is 37.7. The van der Waals surface area contributed by atoms with Gasteiger partial charge >= 0.3 is 6.09 Å². The van der Waals surface area contributed by atoms with Crippen LogP contribution in [0.4, 0.5) is 10.7 Å². The Kier molecular flexibility index (Phi) is 6.43. The number of ketones is 1. The lowest BCUT2D eigenvalue weighted by Gasteiger charge is -2.34. The fourth-order valence-corrected chi connectivity index (χ4v) is 4.27. The summed E-state index contributed by atoms with van der Waals surface area (Å²) in [6, 6.07) is 5.67. The summed E-state index contributed by atoms with van der Waals surface area (Å²) >= 11 is 0. The number of carbonyl (C=O) groups excluding carboxylic acids is 2. The van der Waals surface area contributed by atoms with E-state index >= 15 is 0 Å². The van der Waals surface area contributed by atoms with Crippen molar-refractivity contribution >= 4 is 17.8 Å². The Morgan fingerprint density at radius 2 is 1.91 bits per heavy atom. The molecule has 0 N–H and O–H groups in total. The molecule has 2 heterocycles. The molecule has 0 radical (unpaired) electrons. The van der Waals surface area contributed by atoms with E-state index in [0.29, 0.717) is 68.6 Å². The van der Waals surface area contributed by atoms with Gasteiger partial charge in [0.2, 0.25) is 5.95 Å². The maximum atomic E-state index is 12.8. The van der Waals surface area contributed by atoms with Crippen LogP contribution in [-0.4, -0.2) is 73.7 Å². The second-order valence-electron chi connectivity index (χ2n) is 7.84. The van der Waals surface area contributed by atoms with Crippen LogP contribution < -0.4 is 14.4 Å². The first kappa shape index (κ1) is 21.9. The molecule has 170 valence electrons. The summed E-state index contributed by atoms with van der Waals surface area (Å²) in [5.41, 5.74) is 2.31. The largest absolute Gasteiger partial charge is 0.497 e. The number of Topliss-reactive ketones (excluding diaryl/α,β-unsaturated/α-hetero) is 1. The summed E-state index contributed by atoms with van der Waals surface area (Å²) in [6.45, 7) is 4.47. The highest BCUT2D eigenvalue weighted by Gasteiger charge is 2.31. The summed E-state index contributed by atoms with van der Waals surface area (Å²) in [5.74, 6) is 2.00. The summed E-state index contributed by atoms with van der Waals surface area (Å²) in [7, 11) is 3.23. The third-order valence-electron chi connectivity index (χ3n) is 6.00. The molecule has 0 spiro atoms. The summed E-state index contributed by atoms with van der Waals surface area (Å²) in [6.07, 6.45) is 2.36. The van der Waals surface area contributed by atoms with Crippen molar-refractivity contribution in [3.05, 3.63) is 41.2 Å². The lowest BCUT2D eigenvalue weighted by molar-refractivity contribution is 0.0961. The van der Waals surface area contributed by atoms with Crippen LogP contribution in [0.1, 0.15) is 40.9 Å². The monoisotopic (exact) mass is 440 g/mol. The fourth-order valence-electron chi connectivity index (χ4n) is 4.27. The Bertz CT molecular complexity index is 1000. The molecule has 0 bridgehead atoms. The van der Waals surface area contributed by atoms with Crippen molar-refractivity contribution < 1.29 is 23.8 Å². The molecule has 2 aromatic rings. The molecular weight excluding hydrogens is 412 g/mol. The molecule has 9 heteroatoms. The molecule has 1 aromatic carbocycles. The number of anilines is 1. The average molecular weight is 441 g/mol. The quantitative estimate of drug-likeness (QED) is 0.701. The van der Waals surface area contributed by atoms with E-state index in [1.165, 1.54) is 0 Å². The number of amides is 1. The Labute approximate surface area is 187 Å². The van der Waals surface area contributed by atoms with E-state index in [9.17, 15) is 9.59 Å². The summed E-state index contributed by atoms with van der Waals surface area (Å²) in [5, 5.41) is 0. The van der Waals surface area contributed by atoms with Crippen molar-refractivity contribution in [2.45, 2.75) is 25.7 Å². The van der Waals surface area contributed by atoms with Crippen molar-refractivity contribution in [1.82, 2.24) is 14.9 Å². The van der Waals surface area contributed by atoms with Gasteiger partial charge in [-0.25, -0.2) is 14.8 Å². The Morgan fingerprint density at radius 3 is 2.59 bits per heavy atom. The second kappa shape index (κ2) is 9.42. The van der Waals surface area contributed by atoms with Crippen molar-refractivity contribution in [3.63, 3.8) is 0 Å². The smallest absolute Gasteiger partial charge is 0.409 e. The van der Waals surface area contributed by atoms with Crippen molar-refractivity contribution in [3.8, 4) is 11.5 Å². The molecular formula is C23H28N4O5. The molecule has 1 aliphatic carbocycles. The maximum Gasteiger partial charge on any atom is 0.409 e. The van der Waals surface area contributed by atoms with E-state index in [2.05, 4.69) is 4.98 Å². The zero-order chi connectivity index (χ0) is 22.7. The highest BCUT2D eigenvalue weighted by molar-refractivity contribution is 5.98. The summed E-state index contributed by atoms with van der Waals surface area (Å²) < 4.78 is 15.9. The van der Waals surface area contributed by atoms with Crippen LogP contribution >= 0.6 is 0 Å². The molecule has 0 saturated carbocycles. The zero-order valence-electron chi connectivity index (χ0n) is 18.7. The number of piperazine rings is 1. The Balaban J connectivity index is 1.52. The van der Waals surface area contributed by atoms with Gasteiger partial charge in [0, 0.05) is 50.8 Å². The third kappa shape index (κ3) is 4.32. The maximum absolute atomic E-state index is 12.8. The molecule has 1 aliphatic heterocycles. The van der Waals surface area contributed by atoms with Crippen molar-refractivity contribution in [2.24, 2.45) is 0 Å². The Hall–Kier alpha value is -3.36. The topological polar surface area (TPSA) is 94.1 Å². The number of nitrogens with zero attached hydrogens (tertiary/aromatic N) is 4. The van der Waals surface area contributed by atoms with E-state index in [0.717, 1.165) is 11.3 Å². The highest BCUT2D eigenvalue weighted by Crippen LogP contribution is 2.38. The number of rotatable bonds is 5. The van der Waals surface area contributed by atoms with Gasteiger partial charge in [-0.2, -0.15) is 0 Å². The molecule has 4 rings (SSSR count). The van der Waals surface area contributed by atoms with Gasteiger partial charge in [0.25, 0.3) is 0 Å². The van der Waals surface area contributed by atoms with Gasteiger partial charge in [-0.3, -0.25) is 4.79 Å². The number of fused-ring (bicyclic) bond motifs is 1. The predicted octanol–water partition coefficient (Wildman–Crippen LogP) is 2.69. The van der Waals surface area contributed by atoms with Crippen LogP contribution in [0.25, 0.3) is 0 Å². The number of benzene rings is 1. The first-order chi connectivity index (χ1) is 15.5. The van der Waals surface area contributed by atoms with Crippen molar-refractivity contribution in [2.75, 3.05) is 51.9 Å². The third-order valence-corrected chi connectivity index (χ3v) is 6.00. The molecule has 9 nitrogen and oxygen atoms in total. The minimum absolute atomic E-state index is 0.0285. The number of ether oxygens (including phenoxy) is 3. The Morgan fingerprint density at radius 1 is 1.12 bits per heavy atom. The number of hydrogen-bond donors (Lipinski definition) is 0. The molecule has 32 heavy (non-hydrogen) atoms. The number of hydrogen-bond acceptors (Lipinski definition) is 8. The van der Waals surface area contributed by atoms with Crippen molar-refractivity contribution in [1.29, 1.82) is 0 Å². The van der Waals surface area contributed by atoms with Crippen LogP contribution in [0.3, 0.4) is 0 Å². The van der Waals surface area contributed by atoms with Gasteiger partial charge in [-0.05, 0) is 25.0 Å². The minimum atomic E-state index is -0.291. The van der Waals surface area contributed by atoms with E-state index in [1.807, 2.05) is 23.1 Å². The van der Waals surface area contributed by atoms with E-state index in [4.69, 9.17) is 19.2 Å². The van der Waals surface area contributed by atoms with Crippen LogP contribution in [-0.2, 0) is 11.2 Å². The molecule has 1 atom stereocenters. The van der Waals surface area contributed by atoms with E-state index in [-0.39, 0.29) is 17.8 Å². The standard InChI is InChI=1S/C23H28N4O5/c1-4-32-23(29)27-9-7-26(8-10-27)22-24-14-18-19(25-22)11-15(12-20(18)28)17-6-5-16(30-2)13-21(17)31-3/h5-6,13-15H,4,7-12H2,1-3H3/t15-/m0/s1. The van der Waals surface area contributed by atoms with Gasteiger partial charge in [-0.15, -0.1) is 0 Å². The van der Waals surface area contributed by atoms with Gasteiger partial charge in [0.15, 0.2) is 5.78 Å². The van der Waals surface area contributed by atoms with Crippen LogP contribution in [0.5, 0.6) is 11.5 Å². The molecule has 2 aliphatic rings. The highest BCUT2D eigenvalue weighted by atomic mass is 16.6. The van der Waals surface area contributed by atoms with Crippen LogP contribution in [0.15, 0.2) is 24.4 Å². The lowest BCUT2D eigenvalue weighted by atomic mass is 9.82. The minimum Gasteiger partial charge on any atom is -0.497 e. The first-order valence-electron chi connectivity index (χ1n) is 10.8. The van der Waals surface area contributed by atoms with Gasteiger partial charge in [-0.1, -0.05) is 6.07 Å². The van der Waals surface area contributed by atoms with Crippen LogP contribution in [0, 0.1) is 0 Å². The van der Waals surface area contributed by atoms with Crippen LogP contribution in [0.2, 0.25) is 0 Å². The van der Waals surface area contributed by atoms with Gasteiger partial charge in [0.1, 0.15) is 11.5 Å². The number of methoxy groups -OCH3 is 2. The number of aromatic nitrogens is 2. The molecule has 1 saturated heterocycles. The SMILES string of the molecule is CCOC(=O)N1CCN(c2ncc3c(n2)C[C@H](c2ccc(OC)cc2OC)CC3=O)CC1. The van der Waals surface area contributed by atoms with E-state index < -0.39 is 0 Å². The average Bonchev–Trinajstić information content (AvgIpc) is 2.83. The zero-order valence-corrected chi connectivity index (χ0v) is 18.7. The number of carbonyl (C=O) groups is 2. The fraction of sp³-hybridized carbons (Fsp3) is 0.478.